The molecule has 5 nitrogen and oxygen atoms in total. The van der Waals surface area contributed by atoms with Gasteiger partial charge in [-0.3, -0.25) is 14.5 Å². The van der Waals surface area contributed by atoms with E-state index in [-0.39, 0.29) is 24.3 Å². The fourth-order valence-electron chi connectivity index (χ4n) is 2.37. The second-order valence-electron chi connectivity index (χ2n) is 6.04. The molecule has 1 atom stereocenters. The molecule has 0 radical (unpaired) electrons. The molecule has 0 spiro atoms. The average Bonchev–Trinajstić information content (AvgIpc) is 2.42. The fourth-order valence-corrected chi connectivity index (χ4v) is 2.37. The van der Waals surface area contributed by atoms with Crippen LogP contribution in [-0.2, 0) is 9.59 Å². The number of halogens is 3. The number of carbonyl (C=O) groups excluding carboxylic acids is 2. The predicted molar refractivity (Wildman–Crippen MR) is 76.1 cm³/mol. The maximum atomic E-state index is 12.0. The number of nitrogens with one attached hydrogen (secondary N) is 2. The van der Waals surface area contributed by atoms with E-state index >= 15 is 0 Å². The molecule has 1 aliphatic heterocycles. The van der Waals surface area contributed by atoms with Gasteiger partial charge < -0.3 is 10.6 Å². The summed E-state index contributed by atoms with van der Waals surface area (Å²) in [6.07, 6.45) is -2.57. The van der Waals surface area contributed by atoms with Crippen molar-refractivity contribution in [3.63, 3.8) is 0 Å². The molecular weight excluding hydrogens is 299 g/mol. The van der Waals surface area contributed by atoms with E-state index in [2.05, 4.69) is 5.32 Å². The number of amides is 2. The molecule has 128 valence electrons. The topological polar surface area (TPSA) is 61.4 Å². The first-order valence-electron chi connectivity index (χ1n) is 7.51. The van der Waals surface area contributed by atoms with Gasteiger partial charge in [-0.25, -0.2) is 0 Å². The molecule has 2 N–H and O–H groups in total. The molecule has 22 heavy (non-hydrogen) atoms. The normalized spacial score (nSPS) is 20.0. The van der Waals surface area contributed by atoms with Crippen LogP contribution in [-0.4, -0.2) is 55.6 Å². The van der Waals surface area contributed by atoms with Crippen molar-refractivity contribution in [2.75, 3.05) is 32.7 Å². The maximum absolute atomic E-state index is 12.0. The number of alkyl halides is 3. The molecule has 1 heterocycles. The Bertz CT molecular complexity index is 386. The summed E-state index contributed by atoms with van der Waals surface area (Å²) in [5.74, 6) is -0.482. The van der Waals surface area contributed by atoms with Crippen molar-refractivity contribution in [1.29, 1.82) is 0 Å². The zero-order valence-corrected chi connectivity index (χ0v) is 13.0. The van der Waals surface area contributed by atoms with E-state index in [0.29, 0.717) is 19.6 Å². The molecular formula is C14H24F3N3O2. The lowest BCUT2D eigenvalue weighted by Crippen LogP contribution is -2.46. The Balaban J connectivity index is 2.31. The van der Waals surface area contributed by atoms with Crippen molar-refractivity contribution >= 4 is 11.8 Å². The molecule has 0 aromatic rings. The lowest BCUT2D eigenvalue weighted by molar-refractivity contribution is -0.139. The maximum Gasteiger partial charge on any atom is 0.405 e. The molecule has 0 aromatic carbocycles. The van der Waals surface area contributed by atoms with E-state index in [1.54, 1.807) is 0 Å². The van der Waals surface area contributed by atoms with Gasteiger partial charge in [0.15, 0.2) is 0 Å². The predicted octanol–water partition coefficient (Wildman–Crippen LogP) is 1.15. The van der Waals surface area contributed by atoms with Crippen LogP contribution in [0.25, 0.3) is 0 Å². The number of likely N-dealkylation sites (tertiary alicyclic amines) is 1. The fraction of sp³-hybridized carbons (Fsp3) is 0.857. The lowest BCUT2D eigenvalue weighted by atomic mass is 9.97. The van der Waals surface area contributed by atoms with Crippen LogP contribution in [0.15, 0.2) is 0 Å². The van der Waals surface area contributed by atoms with Gasteiger partial charge in [0.05, 0.1) is 6.54 Å². The van der Waals surface area contributed by atoms with Crippen molar-refractivity contribution in [1.82, 2.24) is 15.5 Å². The zero-order valence-electron chi connectivity index (χ0n) is 13.0. The van der Waals surface area contributed by atoms with Gasteiger partial charge in [0.25, 0.3) is 0 Å². The molecule has 8 heteroatoms. The summed E-state index contributed by atoms with van der Waals surface area (Å²) < 4.78 is 36.1. The van der Waals surface area contributed by atoms with Crippen LogP contribution in [0, 0.1) is 11.8 Å². The van der Waals surface area contributed by atoms with Crippen LogP contribution >= 0.6 is 0 Å². The van der Waals surface area contributed by atoms with E-state index in [9.17, 15) is 22.8 Å². The highest BCUT2D eigenvalue weighted by atomic mass is 19.4. The third-order valence-electron chi connectivity index (χ3n) is 3.55. The highest BCUT2D eigenvalue weighted by Gasteiger charge is 2.28. The summed E-state index contributed by atoms with van der Waals surface area (Å²) in [5.41, 5.74) is 0. The SMILES string of the molecule is CC(C)C(=O)NC[C@@H]1CCCN(CC(=O)NCC(F)(F)F)C1. The summed E-state index contributed by atoms with van der Waals surface area (Å²) in [6, 6.07) is 0. The lowest BCUT2D eigenvalue weighted by Gasteiger charge is -2.32. The summed E-state index contributed by atoms with van der Waals surface area (Å²) in [6.45, 7) is 4.13. The summed E-state index contributed by atoms with van der Waals surface area (Å²) in [7, 11) is 0. The van der Waals surface area contributed by atoms with Gasteiger partial charge >= 0.3 is 6.18 Å². The highest BCUT2D eigenvalue weighted by Crippen LogP contribution is 2.16. The molecule has 1 aliphatic rings. The van der Waals surface area contributed by atoms with E-state index in [4.69, 9.17) is 0 Å². The summed E-state index contributed by atoms with van der Waals surface area (Å²) in [5, 5.41) is 4.73. The largest absolute Gasteiger partial charge is 0.405 e. The number of hydrogen-bond acceptors (Lipinski definition) is 3. The van der Waals surface area contributed by atoms with Gasteiger partial charge in [0.2, 0.25) is 11.8 Å². The van der Waals surface area contributed by atoms with Gasteiger partial charge in [-0.1, -0.05) is 13.8 Å². The van der Waals surface area contributed by atoms with Crippen LogP contribution in [0.2, 0.25) is 0 Å². The van der Waals surface area contributed by atoms with Gasteiger partial charge in [-0.05, 0) is 25.3 Å². The van der Waals surface area contributed by atoms with Gasteiger partial charge in [-0.2, -0.15) is 13.2 Å². The van der Waals surface area contributed by atoms with E-state index in [1.165, 1.54) is 0 Å². The first-order chi connectivity index (χ1) is 10.2. The molecule has 1 rings (SSSR count). The molecule has 1 fully saturated rings. The van der Waals surface area contributed by atoms with Crippen molar-refractivity contribution < 1.29 is 22.8 Å². The second kappa shape index (κ2) is 8.36. The minimum Gasteiger partial charge on any atom is -0.356 e. The van der Waals surface area contributed by atoms with Crippen LogP contribution < -0.4 is 10.6 Å². The van der Waals surface area contributed by atoms with Crippen molar-refractivity contribution in [3.8, 4) is 0 Å². The van der Waals surface area contributed by atoms with Crippen LogP contribution in [0.4, 0.5) is 13.2 Å². The molecule has 0 aliphatic carbocycles. The molecule has 1 saturated heterocycles. The van der Waals surface area contributed by atoms with Crippen molar-refractivity contribution in [2.24, 2.45) is 11.8 Å². The minimum absolute atomic E-state index is 0.0138. The van der Waals surface area contributed by atoms with Gasteiger partial charge in [0.1, 0.15) is 6.54 Å². The Kier molecular flexibility index (Phi) is 7.12. The highest BCUT2D eigenvalue weighted by molar-refractivity contribution is 5.78. The van der Waals surface area contributed by atoms with Crippen molar-refractivity contribution in [2.45, 2.75) is 32.9 Å². The zero-order chi connectivity index (χ0) is 16.8. The Labute approximate surface area is 128 Å². The third kappa shape index (κ3) is 7.63. The smallest absolute Gasteiger partial charge is 0.356 e. The quantitative estimate of drug-likeness (QED) is 0.771. The Hall–Kier alpha value is -1.31. The Morgan fingerprint density at radius 3 is 2.55 bits per heavy atom. The van der Waals surface area contributed by atoms with Crippen molar-refractivity contribution in [3.05, 3.63) is 0 Å². The average molecular weight is 323 g/mol. The van der Waals surface area contributed by atoms with Crippen LogP contribution in [0.3, 0.4) is 0 Å². The van der Waals surface area contributed by atoms with E-state index in [1.807, 2.05) is 24.1 Å². The van der Waals surface area contributed by atoms with Gasteiger partial charge in [0, 0.05) is 19.0 Å². The first kappa shape index (κ1) is 18.7. The molecule has 0 aromatic heterocycles. The number of piperidine rings is 1. The number of nitrogens with zero attached hydrogens (tertiary/aromatic N) is 1. The van der Waals surface area contributed by atoms with Gasteiger partial charge in [-0.15, -0.1) is 0 Å². The molecule has 2 amide bonds. The van der Waals surface area contributed by atoms with Crippen LogP contribution in [0.5, 0.6) is 0 Å². The van der Waals surface area contributed by atoms with Crippen LogP contribution in [0.1, 0.15) is 26.7 Å². The summed E-state index contributed by atoms with van der Waals surface area (Å²) in [4.78, 5) is 24.9. The second-order valence-corrected chi connectivity index (χ2v) is 6.04. The standard InChI is InChI=1S/C14H24F3N3O2/c1-10(2)13(22)18-6-11-4-3-5-20(7-11)8-12(21)19-9-14(15,16)17/h10-11H,3-9H2,1-2H3,(H,18,22)(H,19,21)/t11-/m0/s1. The number of rotatable bonds is 6. The van der Waals surface area contributed by atoms with E-state index < -0.39 is 18.6 Å². The molecule has 0 bridgehead atoms. The monoisotopic (exact) mass is 323 g/mol. The Morgan fingerprint density at radius 2 is 1.95 bits per heavy atom. The van der Waals surface area contributed by atoms with E-state index in [0.717, 1.165) is 12.8 Å². The minimum atomic E-state index is -4.39. The Morgan fingerprint density at radius 1 is 1.27 bits per heavy atom. The molecule has 0 saturated carbocycles. The third-order valence-corrected chi connectivity index (χ3v) is 3.55. The molecule has 0 unspecified atom stereocenters. The first-order valence-corrected chi connectivity index (χ1v) is 7.51. The number of hydrogen-bond donors (Lipinski definition) is 2. The number of carbonyl (C=O) groups is 2. The summed E-state index contributed by atoms with van der Waals surface area (Å²) >= 11 is 0.